The number of hydrogen-bond donors (Lipinski definition) is 2. The molecule has 3 nitrogen and oxygen atoms in total. The molecule has 0 saturated carbocycles. The number of nitrogens with two attached hydrogens (primary N) is 1. The van der Waals surface area contributed by atoms with Crippen LogP contribution in [0.3, 0.4) is 0 Å². The zero-order valence-corrected chi connectivity index (χ0v) is 9.49. The van der Waals surface area contributed by atoms with Gasteiger partial charge < -0.3 is 11.1 Å². The second-order valence-electron chi connectivity index (χ2n) is 3.85. The fraction of sp³-hybridized carbons (Fsp3) is 0.154. The summed E-state index contributed by atoms with van der Waals surface area (Å²) in [6.45, 7) is 4.19. The molecule has 0 bridgehead atoms. The Balaban J connectivity index is 2.27. The number of rotatable bonds is 2. The van der Waals surface area contributed by atoms with E-state index in [1.165, 1.54) is 11.1 Å². The molecule has 0 saturated heterocycles. The van der Waals surface area contributed by atoms with Gasteiger partial charge in [0.15, 0.2) is 0 Å². The summed E-state index contributed by atoms with van der Waals surface area (Å²) in [6, 6.07) is 9.87. The Kier molecular flexibility index (Phi) is 2.77. The van der Waals surface area contributed by atoms with Gasteiger partial charge in [-0.15, -0.1) is 0 Å². The number of nitrogens with zero attached hydrogens (tertiary/aromatic N) is 1. The number of nitrogens with one attached hydrogen (secondary N) is 1. The molecule has 1 aromatic carbocycles. The predicted molar refractivity (Wildman–Crippen MR) is 67.8 cm³/mol. The lowest BCUT2D eigenvalue weighted by atomic mass is 10.1. The van der Waals surface area contributed by atoms with E-state index in [4.69, 9.17) is 5.73 Å². The van der Waals surface area contributed by atoms with Gasteiger partial charge in [-0.05, 0) is 43.2 Å². The van der Waals surface area contributed by atoms with E-state index in [0.29, 0.717) is 5.69 Å². The van der Waals surface area contributed by atoms with Crippen LogP contribution >= 0.6 is 0 Å². The predicted octanol–water partition coefficient (Wildman–Crippen LogP) is 3.02. The highest BCUT2D eigenvalue weighted by Gasteiger charge is 2.01. The van der Waals surface area contributed by atoms with Crippen LogP contribution in [0, 0.1) is 13.8 Å². The van der Waals surface area contributed by atoms with Crippen molar-refractivity contribution in [3.8, 4) is 0 Å². The molecule has 3 N–H and O–H groups in total. The largest absolute Gasteiger partial charge is 0.397 e. The molecule has 1 aromatic heterocycles. The van der Waals surface area contributed by atoms with Crippen molar-refractivity contribution in [2.24, 2.45) is 0 Å². The lowest BCUT2D eigenvalue weighted by Crippen LogP contribution is -1.97. The van der Waals surface area contributed by atoms with Crippen molar-refractivity contribution in [2.45, 2.75) is 13.8 Å². The standard InChI is InChI=1S/C13H15N3/c1-9-4-3-5-12(10(9)2)16-13-7-6-11(14)8-15-13/h3-8H,14H2,1-2H3,(H,15,16). The summed E-state index contributed by atoms with van der Waals surface area (Å²) < 4.78 is 0. The molecular formula is C13H15N3. The first-order valence-corrected chi connectivity index (χ1v) is 5.21. The molecule has 1 heterocycles. The Labute approximate surface area is 95.3 Å². The second-order valence-corrected chi connectivity index (χ2v) is 3.85. The summed E-state index contributed by atoms with van der Waals surface area (Å²) in [6.07, 6.45) is 1.65. The molecule has 0 spiro atoms. The van der Waals surface area contributed by atoms with Gasteiger partial charge in [0.05, 0.1) is 11.9 Å². The molecule has 0 aliphatic heterocycles. The average Bonchev–Trinajstić information content (AvgIpc) is 2.28. The first-order valence-electron chi connectivity index (χ1n) is 5.21. The van der Waals surface area contributed by atoms with E-state index in [-0.39, 0.29) is 0 Å². The Morgan fingerprint density at radius 1 is 1.12 bits per heavy atom. The molecule has 0 aliphatic rings. The molecule has 0 atom stereocenters. The second kappa shape index (κ2) is 4.23. The van der Waals surface area contributed by atoms with Crippen LogP contribution in [-0.2, 0) is 0 Å². The van der Waals surface area contributed by atoms with Gasteiger partial charge in [-0.25, -0.2) is 4.98 Å². The first-order chi connectivity index (χ1) is 7.66. The SMILES string of the molecule is Cc1cccc(Nc2ccc(N)cn2)c1C. The van der Waals surface area contributed by atoms with Gasteiger partial charge in [-0.3, -0.25) is 0 Å². The normalized spacial score (nSPS) is 10.1. The maximum absolute atomic E-state index is 5.58. The third kappa shape index (κ3) is 2.14. The topological polar surface area (TPSA) is 50.9 Å². The van der Waals surface area contributed by atoms with Gasteiger partial charge in [0.25, 0.3) is 0 Å². The van der Waals surface area contributed by atoms with Crippen molar-refractivity contribution in [2.75, 3.05) is 11.1 Å². The smallest absolute Gasteiger partial charge is 0.130 e. The van der Waals surface area contributed by atoms with Gasteiger partial charge in [0, 0.05) is 5.69 Å². The fourth-order valence-corrected chi connectivity index (χ4v) is 1.50. The molecule has 16 heavy (non-hydrogen) atoms. The van der Waals surface area contributed by atoms with E-state index in [1.807, 2.05) is 24.3 Å². The van der Waals surface area contributed by atoms with Crippen molar-refractivity contribution in [1.82, 2.24) is 4.98 Å². The number of anilines is 3. The summed E-state index contributed by atoms with van der Waals surface area (Å²) in [5.41, 5.74) is 9.84. The highest BCUT2D eigenvalue weighted by atomic mass is 15.0. The molecule has 0 amide bonds. The van der Waals surface area contributed by atoms with Crippen LogP contribution in [0.1, 0.15) is 11.1 Å². The van der Waals surface area contributed by atoms with Crippen LogP contribution in [0.5, 0.6) is 0 Å². The minimum absolute atomic E-state index is 0.673. The molecule has 0 aliphatic carbocycles. The Morgan fingerprint density at radius 2 is 1.94 bits per heavy atom. The zero-order chi connectivity index (χ0) is 11.5. The third-order valence-corrected chi connectivity index (χ3v) is 2.65. The van der Waals surface area contributed by atoms with Gasteiger partial charge in [-0.1, -0.05) is 12.1 Å². The lowest BCUT2D eigenvalue weighted by molar-refractivity contribution is 1.28. The molecule has 82 valence electrons. The van der Waals surface area contributed by atoms with Crippen molar-refractivity contribution < 1.29 is 0 Å². The zero-order valence-electron chi connectivity index (χ0n) is 9.49. The summed E-state index contributed by atoms with van der Waals surface area (Å²) >= 11 is 0. The maximum Gasteiger partial charge on any atom is 0.130 e. The summed E-state index contributed by atoms with van der Waals surface area (Å²) in [5, 5.41) is 3.27. The highest BCUT2D eigenvalue weighted by Crippen LogP contribution is 2.21. The number of aromatic nitrogens is 1. The van der Waals surface area contributed by atoms with E-state index < -0.39 is 0 Å². The molecule has 0 radical (unpaired) electrons. The molecule has 2 aromatic rings. The van der Waals surface area contributed by atoms with Gasteiger partial charge >= 0.3 is 0 Å². The summed E-state index contributed by atoms with van der Waals surface area (Å²) in [5.74, 6) is 0.808. The summed E-state index contributed by atoms with van der Waals surface area (Å²) in [4.78, 5) is 4.21. The van der Waals surface area contributed by atoms with Crippen LogP contribution in [-0.4, -0.2) is 4.98 Å². The first kappa shape index (κ1) is 10.5. The Morgan fingerprint density at radius 3 is 2.62 bits per heavy atom. The van der Waals surface area contributed by atoms with Crippen molar-refractivity contribution >= 4 is 17.2 Å². The minimum atomic E-state index is 0.673. The third-order valence-electron chi connectivity index (χ3n) is 2.65. The molecular weight excluding hydrogens is 198 g/mol. The lowest BCUT2D eigenvalue weighted by Gasteiger charge is -2.10. The number of pyridine rings is 1. The number of nitrogen functional groups attached to an aromatic ring is 1. The Hall–Kier alpha value is -2.03. The van der Waals surface area contributed by atoms with Crippen LogP contribution in [0.2, 0.25) is 0 Å². The van der Waals surface area contributed by atoms with E-state index in [2.05, 4.69) is 30.2 Å². The molecule has 0 unspecified atom stereocenters. The van der Waals surface area contributed by atoms with Crippen LogP contribution in [0.15, 0.2) is 36.5 Å². The van der Waals surface area contributed by atoms with E-state index in [9.17, 15) is 0 Å². The molecule has 3 heteroatoms. The van der Waals surface area contributed by atoms with Crippen molar-refractivity contribution in [3.05, 3.63) is 47.7 Å². The quantitative estimate of drug-likeness (QED) is 0.806. The van der Waals surface area contributed by atoms with Gasteiger partial charge in [0.2, 0.25) is 0 Å². The summed E-state index contributed by atoms with van der Waals surface area (Å²) in [7, 11) is 0. The van der Waals surface area contributed by atoms with Gasteiger partial charge in [0.1, 0.15) is 5.82 Å². The van der Waals surface area contributed by atoms with E-state index in [1.54, 1.807) is 6.20 Å². The maximum atomic E-state index is 5.58. The monoisotopic (exact) mass is 213 g/mol. The number of benzene rings is 1. The van der Waals surface area contributed by atoms with Crippen LogP contribution in [0.25, 0.3) is 0 Å². The highest BCUT2D eigenvalue weighted by molar-refractivity contribution is 5.62. The Bertz CT molecular complexity index is 489. The van der Waals surface area contributed by atoms with Crippen molar-refractivity contribution in [1.29, 1.82) is 0 Å². The average molecular weight is 213 g/mol. The fourth-order valence-electron chi connectivity index (χ4n) is 1.50. The van der Waals surface area contributed by atoms with Crippen LogP contribution < -0.4 is 11.1 Å². The van der Waals surface area contributed by atoms with Gasteiger partial charge in [-0.2, -0.15) is 0 Å². The van der Waals surface area contributed by atoms with Crippen molar-refractivity contribution in [3.63, 3.8) is 0 Å². The van der Waals surface area contributed by atoms with Crippen LogP contribution in [0.4, 0.5) is 17.2 Å². The molecule has 0 fully saturated rings. The number of aryl methyl sites for hydroxylation is 1. The van der Waals surface area contributed by atoms with E-state index >= 15 is 0 Å². The molecule has 2 rings (SSSR count). The van der Waals surface area contributed by atoms with E-state index in [0.717, 1.165) is 11.5 Å². The number of hydrogen-bond acceptors (Lipinski definition) is 3. The minimum Gasteiger partial charge on any atom is -0.397 e.